The molecule has 0 aromatic carbocycles. The fourth-order valence-electron chi connectivity index (χ4n) is 2.19. The molecule has 1 nitrogen and oxygen atoms in total. The fourth-order valence-corrected chi connectivity index (χ4v) is 2.19. The Kier molecular flexibility index (Phi) is 3.20. The lowest BCUT2D eigenvalue weighted by Gasteiger charge is -2.14. The predicted octanol–water partition coefficient (Wildman–Crippen LogP) is 4.16. The van der Waals surface area contributed by atoms with Crippen LogP contribution in [0.4, 0.5) is 0 Å². The van der Waals surface area contributed by atoms with Gasteiger partial charge in [-0.2, -0.15) is 0 Å². The summed E-state index contributed by atoms with van der Waals surface area (Å²) >= 11 is 0. The van der Waals surface area contributed by atoms with Crippen LogP contribution in [0.3, 0.4) is 0 Å². The Hall–Kier alpha value is -1.11. The van der Waals surface area contributed by atoms with Gasteiger partial charge < -0.3 is 0 Å². The van der Waals surface area contributed by atoms with Gasteiger partial charge in [0.05, 0.1) is 5.69 Å². The van der Waals surface area contributed by atoms with Crippen LogP contribution in [-0.4, -0.2) is 4.98 Å². The Morgan fingerprint density at radius 1 is 1.47 bits per heavy atom. The Morgan fingerprint density at radius 2 is 2.33 bits per heavy atom. The lowest BCUT2D eigenvalue weighted by molar-refractivity contribution is 0.726. The van der Waals surface area contributed by atoms with Gasteiger partial charge in [-0.05, 0) is 48.8 Å². The summed E-state index contributed by atoms with van der Waals surface area (Å²) in [6, 6.07) is 4.29. The summed E-state index contributed by atoms with van der Waals surface area (Å²) in [6.45, 7) is 4.53. The first-order chi connectivity index (χ1) is 7.33. The van der Waals surface area contributed by atoms with Crippen molar-refractivity contribution in [1.29, 1.82) is 0 Å². The molecule has 1 aromatic heterocycles. The van der Waals surface area contributed by atoms with Gasteiger partial charge in [0.2, 0.25) is 0 Å². The summed E-state index contributed by atoms with van der Waals surface area (Å²) in [4.78, 5) is 4.56. The van der Waals surface area contributed by atoms with Crippen molar-refractivity contribution in [3.8, 4) is 0 Å². The molecule has 1 atom stereocenters. The molecule has 1 aliphatic rings. The van der Waals surface area contributed by atoms with Crippen LogP contribution in [0.2, 0.25) is 0 Å². The highest BCUT2D eigenvalue weighted by atomic mass is 14.7. The second kappa shape index (κ2) is 4.61. The normalized spacial score (nSPS) is 17.6. The van der Waals surface area contributed by atoms with Gasteiger partial charge in [0.1, 0.15) is 0 Å². The van der Waals surface area contributed by atoms with Gasteiger partial charge >= 0.3 is 0 Å². The van der Waals surface area contributed by atoms with E-state index in [9.17, 15) is 0 Å². The van der Waals surface area contributed by atoms with E-state index >= 15 is 0 Å². The summed E-state index contributed by atoms with van der Waals surface area (Å²) in [7, 11) is 0. The quantitative estimate of drug-likeness (QED) is 0.715. The van der Waals surface area contributed by atoms with Gasteiger partial charge in [-0.15, -0.1) is 0 Å². The van der Waals surface area contributed by atoms with Gasteiger partial charge in [0, 0.05) is 6.20 Å². The maximum Gasteiger partial charge on any atom is 0.0693 e. The van der Waals surface area contributed by atoms with E-state index in [1.807, 2.05) is 6.20 Å². The molecule has 1 aromatic rings. The molecule has 0 saturated heterocycles. The largest absolute Gasteiger partial charge is 0.256 e. The molecule has 0 spiro atoms. The first-order valence-corrected chi connectivity index (χ1v) is 5.97. The zero-order valence-electron chi connectivity index (χ0n) is 9.66. The molecule has 0 fully saturated rings. The molecular weight excluding hydrogens is 182 g/mol. The number of rotatable bonds is 3. The molecule has 1 aliphatic carbocycles. The van der Waals surface area contributed by atoms with Crippen LogP contribution >= 0.6 is 0 Å². The average Bonchev–Trinajstić information content (AvgIpc) is 2.81. The van der Waals surface area contributed by atoms with Crippen LogP contribution in [-0.2, 0) is 0 Å². The zero-order chi connectivity index (χ0) is 10.7. The van der Waals surface area contributed by atoms with Gasteiger partial charge in [-0.1, -0.05) is 26.0 Å². The zero-order valence-corrected chi connectivity index (χ0v) is 9.66. The second-order valence-corrected chi connectivity index (χ2v) is 4.37. The first kappa shape index (κ1) is 10.4. The topological polar surface area (TPSA) is 12.9 Å². The standard InChI is InChI=1S/C14H19N/c1-3-11(2)13-9-6-10-15-14(13)12-7-4-5-8-12/h6-7,9-11H,3-5,8H2,1-2H3. The summed E-state index contributed by atoms with van der Waals surface area (Å²) < 4.78 is 0. The molecule has 80 valence electrons. The fraction of sp³-hybridized carbons (Fsp3) is 0.500. The smallest absolute Gasteiger partial charge is 0.0693 e. The lowest BCUT2D eigenvalue weighted by Crippen LogP contribution is -1.99. The lowest BCUT2D eigenvalue weighted by atomic mass is 9.94. The SMILES string of the molecule is CCC(C)c1cccnc1C1=CCCC1. The molecule has 15 heavy (non-hydrogen) atoms. The number of aromatic nitrogens is 1. The van der Waals surface area contributed by atoms with Crippen LogP contribution in [0.25, 0.3) is 5.57 Å². The van der Waals surface area contributed by atoms with E-state index in [1.165, 1.54) is 42.5 Å². The molecule has 0 bridgehead atoms. The minimum absolute atomic E-state index is 0.621. The highest BCUT2D eigenvalue weighted by Crippen LogP contribution is 2.32. The number of nitrogens with zero attached hydrogens (tertiary/aromatic N) is 1. The third-order valence-electron chi connectivity index (χ3n) is 3.33. The van der Waals surface area contributed by atoms with Gasteiger partial charge in [-0.25, -0.2) is 0 Å². The van der Waals surface area contributed by atoms with Crippen molar-refractivity contribution in [2.75, 3.05) is 0 Å². The summed E-state index contributed by atoms with van der Waals surface area (Å²) in [5.41, 5.74) is 4.14. The van der Waals surface area contributed by atoms with E-state index in [-0.39, 0.29) is 0 Å². The number of hydrogen-bond donors (Lipinski definition) is 0. The van der Waals surface area contributed by atoms with Crippen molar-refractivity contribution in [2.24, 2.45) is 0 Å². The molecule has 0 aliphatic heterocycles. The maximum absolute atomic E-state index is 4.56. The number of allylic oxidation sites excluding steroid dienone is 2. The van der Waals surface area contributed by atoms with Crippen LogP contribution in [0, 0.1) is 0 Å². The second-order valence-electron chi connectivity index (χ2n) is 4.37. The molecule has 1 heteroatoms. The van der Waals surface area contributed by atoms with E-state index in [0.29, 0.717) is 5.92 Å². The highest BCUT2D eigenvalue weighted by molar-refractivity contribution is 5.67. The van der Waals surface area contributed by atoms with E-state index in [0.717, 1.165) is 0 Å². The molecule has 0 saturated carbocycles. The maximum atomic E-state index is 4.56. The predicted molar refractivity (Wildman–Crippen MR) is 64.8 cm³/mol. The monoisotopic (exact) mass is 201 g/mol. The Labute approximate surface area is 92.2 Å². The van der Waals surface area contributed by atoms with Crippen molar-refractivity contribution in [1.82, 2.24) is 4.98 Å². The minimum atomic E-state index is 0.621. The van der Waals surface area contributed by atoms with Crippen LogP contribution < -0.4 is 0 Å². The van der Waals surface area contributed by atoms with Crippen molar-refractivity contribution in [3.05, 3.63) is 35.7 Å². The Balaban J connectivity index is 2.37. The Bertz CT molecular complexity index is 365. The van der Waals surface area contributed by atoms with E-state index < -0.39 is 0 Å². The van der Waals surface area contributed by atoms with Gasteiger partial charge in [0.25, 0.3) is 0 Å². The third-order valence-corrected chi connectivity index (χ3v) is 3.33. The first-order valence-electron chi connectivity index (χ1n) is 5.97. The highest BCUT2D eigenvalue weighted by Gasteiger charge is 2.15. The van der Waals surface area contributed by atoms with Crippen molar-refractivity contribution >= 4 is 5.57 Å². The average molecular weight is 201 g/mol. The summed E-state index contributed by atoms with van der Waals surface area (Å²) in [5.74, 6) is 0.621. The molecule has 0 amide bonds. The third kappa shape index (κ3) is 2.11. The van der Waals surface area contributed by atoms with E-state index in [2.05, 4.69) is 37.0 Å². The summed E-state index contributed by atoms with van der Waals surface area (Å²) in [5, 5.41) is 0. The molecule has 1 heterocycles. The van der Waals surface area contributed by atoms with E-state index in [1.54, 1.807) is 0 Å². The number of pyridine rings is 1. The van der Waals surface area contributed by atoms with E-state index in [4.69, 9.17) is 0 Å². The summed E-state index contributed by atoms with van der Waals surface area (Å²) in [6.07, 6.45) is 9.19. The number of hydrogen-bond acceptors (Lipinski definition) is 1. The molecule has 0 radical (unpaired) electrons. The minimum Gasteiger partial charge on any atom is -0.256 e. The van der Waals surface area contributed by atoms with Crippen LogP contribution in [0.15, 0.2) is 24.4 Å². The van der Waals surface area contributed by atoms with Gasteiger partial charge in [-0.3, -0.25) is 4.98 Å². The molecular formula is C14H19N. The molecule has 2 rings (SSSR count). The van der Waals surface area contributed by atoms with Crippen molar-refractivity contribution in [2.45, 2.75) is 45.4 Å². The van der Waals surface area contributed by atoms with Crippen molar-refractivity contribution < 1.29 is 0 Å². The van der Waals surface area contributed by atoms with Crippen molar-refractivity contribution in [3.63, 3.8) is 0 Å². The van der Waals surface area contributed by atoms with Gasteiger partial charge in [0.15, 0.2) is 0 Å². The molecule has 0 N–H and O–H groups in total. The molecule has 1 unspecified atom stereocenters. The van der Waals surface area contributed by atoms with Crippen LogP contribution in [0.1, 0.15) is 56.7 Å². The Morgan fingerprint density at radius 3 is 3.00 bits per heavy atom. The van der Waals surface area contributed by atoms with Crippen LogP contribution in [0.5, 0.6) is 0 Å².